The van der Waals surface area contributed by atoms with Crippen molar-refractivity contribution in [1.29, 1.82) is 0 Å². The number of hydrogen-bond acceptors (Lipinski definition) is 4. The Morgan fingerprint density at radius 2 is 1.44 bits per heavy atom. The molecule has 25 heavy (non-hydrogen) atoms. The molecule has 0 aliphatic rings. The van der Waals surface area contributed by atoms with Crippen molar-refractivity contribution in [2.24, 2.45) is 0 Å². The first kappa shape index (κ1) is 18.4. The maximum atomic E-state index is 12.5. The van der Waals surface area contributed by atoms with Crippen molar-refractivity contribution in [2.45, 2.75) is 32.7 Å². The molecule has 0 bridgehead atoms. The minimum Gasteiger partial charge on any atom is -0.387 e. The summed E-state index contributed by atoms with van der Waals surface area (Å²) in [5.41, 5.74) is -0.818. The summed E-state index contributed by atoms with van der Waals surface area (Å²) < 4.78 is 2.68. The Morgan fingerprint density at radius 3 is 1.92 bits per heavy atom. The molecule has 1 aromatic heterocycles. The zero-order valence-electron chi connectivity index (χ0n) is 14.1. The topological polar surface area (TPSA) is 86.2 Å². The summed E-state index contributed by atoms with van der Waals surface area (Å²) in [4.78, 5) is 37.4. The third-order valence-corrected chi connectivity index (χ3v) is 3.91. The van der Waals surface area contributed by atoms with Gasteiger partial charge in [-0.1, -0.05) is 36.4 Å². The second-order valence-electron chi connectivity index (χ2n) is 5.63. The van der Waals surface area contributed by atoms with Crippen LogP contribution in [0.15, 0.2) is 64.0 Å². The van der Waals surface area contributed by atoms with Gasteiger partial charge in [0.2, 0.25) is 0 Å². The normalized spacial score (nSPS) is 11.9. The lowest BCUT2D eigenvalue weighted by Crippen LogP contribution is -2.54. The molecule has 0 saturated carbocycles. The van der Waals surface area contributed by atoms with Crippen molar-refractivity contribution in [1.82, 2.24) is 13.7 Å². The van der Waals surface area contributed by atoms with E-state index in [1.807, 2.05) is 19.1 Å². The highest BCUT2D eigenvalue weighted by atomic mass is 16.3. The minimum atomic E-state index is -1.06. The number of aliphatic hydroxyl groups is 1. The summed E-state index contributed by atoms with van der Waals surface area (Å²) >= 11 is 0. The molecule has 1 heterocycles. The molecular formula is C18H21N3O4. The lowest BCUT2D eigenvalue weighted by atomic mass is 10.0. The van der Waals surface area contributed by atoms with Crippen LogP contribution >= 0.6 is 0 Å². The Kier molecular flexibility index (Phi) is 5.71. The van der Waals surface area contributed by atoms with E-state index in [9.17, 15) is 19.5 Å². The molecule has 1 atom stereocenters. The molecule has 0 aliphatic heterocycles. The van der Waals surface area contributed by atoms with E-state index in [1.165, 1.54) is 12.2 Å². The zero-order valence-corrected chi connectivity index (χ0v) is 14.1. The molecule has 0 radical (unpaired) electrons. The minimum absolute atomic E-state index is 0.0322. The van der Waals surface area contributed by atoms with Gasteiger partial charge in [-0.3, -0.25) is 0 Å². The van der Waals surface area contributed by atoms with E-state index < -0.39 is 23.2 Å². The number of hydrogen-bond donors (Lipinski definition) is 1. The van der Waals surface area contributed by atoms with Crippen LogP contribution in [0.3, 0.4) is 0 Å². The number of benzene rings is 1. The van der Waals surface area contributed by atoms with Crippen LogP contribution in [0.5, 0.6) is 0 Å². The third-order valence-electron chi connectivity index (χ3n) is 3.91. The summed E-state index contributed by atoms with van der Waals surface area (Å²) in [6.45, 7) is 8.55. The molecule has 0 spiro atoms. The fraction of sp³-hybridized carbons (Fsp3) is 0.278. The number of aryl methyl sites for hydroxylation is 1. The molecule has 7 heteroatoms. The smallest absolute Gasteiger partial charge is 0.336 e. The second kappa shape index (κ2) is 7.76. The average Bonchev–Trinajstić information content (AvgIpc) is 2.59. The Hall–Kier alpha value is -2.93. The van der Waals surface area contributed by atoms with Gasteiger partial charge >= 0.3 is 17.1 Å². The molecule has 0 fully saturated rings. The number of aromatic nitrogens is 3. The van der Waals surface area contributed by atoms with E-state index in [0.717, 1.165) is 19.3 Å². The Bertz CT molecular complexity index is 917. The Morgan fingerprint density at radius 1 is 0.960 bits per heavy atom. The Balaban J connectivity index is 2.60. The number of rotatable bonds is 7. The van der Waals surface area contributed by atoms with Crippen molar-refractivity contribution in [3.63, 3.8) is 0 Å². The van der Waals surface area contributed by atoms with Crippen LogP contribution in [0.25, 0.3) is 0 Å². The van der Waals surface area contributed by atoms with Gasteiger partial charge in [0.1, 0.15) is 0 Å². The predicted octanol–water partition coefficient (Wildman–Crippen LogP) is 0.586. The van der Waals surface area contributed by atoms with Crippen LogP contribution in [-0.4, -0.2) is 18.8 Å². The first-order chi connectivity index (χ1) is 11.9. The van der Waals surface area contributed by atoms with Crippen LogP contribution in [-0.2, 0) is 19.6 Å². The van der Waals surface area contributed by atoms with Gasteiger partial charge in [-0.2, -0.15) is 0 Å². The molecule has 1 N–H and O–H groups in total. The standard InChI is InChI=1S/C18H21N3O4/c1-4-10-19-16(23)20(11-5-2)18(25)21(17(19)24)12-15(22)14-9-7-6-8-13(14)3/h4-9,15,22H,1-2,10-12H2,3H3/t15-/m0/s1. The molecule has 0 unspecified atom stereocenters. The quantitative estimate of drug-likeness (QED) is 0.746. The van der Waals surface area contributed by atoms with Gasteiger partial charge in [0, 0.05) is 0 Å². The summed E-state index contributed by atoms with van der Waals surface area (Å²) in [5.74, 6) is 0. The van der Waals surface area contributed by atoms with Gasteiger partial charge in [0.05, 0.1) is 25.7 Å². The van der Waals surface area contributed by atoms with Crippen LogP contribution in [0.1, 0.15) is 17.2 Å². The van der Waals surface area contributed by atoms with Crippen LogP contribution in [0.4, 0.5) is 0 Å². The second-order valence-corrected chi connectivity index (χ2v) is 5.63. The maximum Gasteiger partial charge on any atom is 0.336 e. The molecule has 2 rings (SSSR count). The van der Waals surface area contributed by atoms with E-state index in [-0.39, 0.29) is 19.6 Å². The van der Waals surface area contributed by atoms with E-state index in [2.05, 4.69) is 13.2 Å². The number of nitrogens with zero attached hydrogens (tertiary/aromatic N) is 3. The lowest BCUT2D eigenvalue weighted by Gasteiger charge is -2.17. The lowest BCUT2D eigenvalue weighted by molar-refractivity contribution is 0.149. The van der Waals surface area contributed by atoms with Crippen molar-refractivity contribution < 1.29 is 5.11 Å². The van der Waals surface area contributed by atoms with E-state index in [1.54, 1.807) is 12.1 Å². The zero-order chi connectivity index (χ0) is 18.6. The highest BCUT2D eigenvalue weighted by Crippen LogP contribution is 2.17. The van der Waals surface area contributed by atoms with Crippen molar-refractivity contribution in [3.05, 3.63) is 92.2 Å². The van der Waals surface area contributed by atoms with E-state index in [0.29, 0.717) is 5.56 Å². The monoisotopic (exact) mass is 343 g/mol. The molecule has 1 aromatic carbocycles. The molecule has 0 saturated heterocycles. The summed E-state index contributed by atoms with van der Waals surface area (Å²) in [6.07, 6.45) is 1.74. The van der Waals surface area contributed by atoms with Gasteiger partial charge in [-0.15, -0.1) is 13.2 Å². The van der Waals surface area contributed by atoms with E-state index >= 15 is 0 Å². The molecule has 0 aliphatic carbocycles. The van der Waals surface area contributed by atoms with Gasteiger partial charge in [-0.05, 0) is 18.1 Å². The summed E-state index contributed by atoms with van der Waals surface area (Å²) in [7, 11) is 0. The number of allylic oxidation sites excluding steroid dienone is 2. The summed E-state index contributed by atoms with van der Waals surface area (Å²) in [6, 6.07) is 7.16. The summed E-state index contributed by atoms with van der Waals surface area (Å²) in [5, 5.41) is 10.5. The number of aliphatic hydroxyl groups excluding tert-OH is 1. The fourth-order valence-corrected chi connectivity index (χ4v) is 2.64. The van der Waals surface area contributed by atoms with Gasteiger partial charge in [0.25, 0.3) is 0 Å². The highest BCUT2D eigenvalue weighted by molar-refractivity contribution is 5.27. The predicted molar refractivity (Wildman–Crippen MR) is 95.8 cm³/mol. The first-order valence-electron chi connectivity index (χ1n) is 7.82. The molecule has 7 nitrogen and oxygen atoms in total. The largest absolute Gasteiger partial charge is 0.387 e. The molecule has 2 aromatic rings. The van der Waals surface area contributed by atoms with Crippen LogP contribution in [0, 0.1) is 6.92 Å². The van der Waals surface area contributed by atoms with Gasteiger partial charge in [-0.25, -0.2) is 28.1 Å². The Labute approximate surface area is 144 Å². The first-order valence-corrected chi connectivity index (χ1v) is 7.82. The maximum absolute atomic E-state index is 12.5. The van der Waals surface area contributed by atoms with Crippen LogP contribution in [0.2, 0.25) is 0 Å². The fourth-order valence-electron chi connectivity index (χ4n) is 2.64. The van der Waals surface area contributed by atoms with Crippen molar-refractivity contribution in [3.8, 4) is 0 Å². The highest BCUT2D eigenvalue weighted by Gasteiger charge is 2.18. The SMILES string of the molecule is C=CCn1c(=O)n(CC=C)c(=O)n(C[C@H](O)c2ccccc2C)c1=O. The molecule has 132 valence electrons. The van der Waals surface area contributed by atoms with Gasteiger partial charge in [0.15, 0.2) is 0 Å². The van der Waals surface area contributed by atoms with E-state index in [4.69, 9.17) is 0 Å². The molecular weight excluding hydrogens is 322 g/mol. The van der Waals surface area contributed by atoms with Crippen molar-refractivity contribution >= 4 is 0 Å². The van der Waals surface area contributed by atoms with Gasteiger partial charge < -0.3 is 5.11 Å². The molecule has 0 amide bonds. The average molecular weight is 343 g/mol. The van der Waals surface area contributed by atoms with Crippen LogP contribution < -0.4 is 17.1 Å². The third kappa shape index (κ3) is 3.61. The van der Waals surface area contributed by atoms with Crippen molar-refractivity contribution in [2.75, 3.05) is 0 Å².